The number of hydrogen-bond donors (Lipinski definition) is 1. The minimum absolute atomic E-state index is 0.0275. The molecule has 1 aliphatic heterocycles. The number of pyridine rings is 1. The molecule has 1 saturated carbocycles. The maximum atomic E-state index is 12.8. The smallest absolute Gasteiger partial charge is 0.307 e. The summed E-state index contributed by atoms with van der Waals surface area (Å²) in [7, 11) is 0. The van der Waals surface area contributed by atoms with Gasteiger partial charge in [0.05, 0.1) is 12.3 Å². The number of nitrogens with zero attached hydrogens (tertiary/aromatic N) is 3. The number of fused-ring (bicyclic) bond motifs is 1. The molecule has 2 aromatic rings. The monoisotopic (exact) mass is 384 g/mol. The molecule has 7 nitrogen and oxygen atoms in total. The van der Waals surface area contributed by atoms with Crippen molar-refractivity contribution in [1.29, 1.82) is 0 Å². The number of aromatic nitrogens is 3. The van der Waals surface area contributed by atoms with Gasteiger partial charge in [0.2, 0.25) is 5.91 Å². The van der Waals surface area contributed by atoms with Gasteiger partial charge in [0.25, 0.3) is 0 Å². The van der Waals surface area contributed by atoms with Crippen LogP contribution in [-0.2, 0) is 20.7 Å². The van der Waals surface area contributed by atoms with Gasteiger partial charge in [0.15, 0.2) is 5.65 Å². The normalized spacial score (nSPS) is 23.5. The van der Waals surface area contributed by atoms with Gasteiger partial charge >= 0.3 is 5.97 Å². The number of carbonyl (C=O) groups excluding carboxylic acids is 2. The van der Waals surface area contributed by atoms with Crippen LogP contribution in [-0.4, -0.2) is 38.6 Å². The van der Waals surface area contributed by atoms with Gasteiger partial charge in [-0.05, 0) is 44.2 Å². The van der Waals surface area contributed by atoms with Crippen LogP contribution < -0.4 is 5.32 Å². The Morgan fingerprint density at radius 3 is 2.75 bits per heavy atom. The van der Waals surface area contributed by atoms with E-state index in [0.29, 0.717) is 6.54 Å². The van der Waals surface area contributed by atoms with E-state index >= 15 is 0 Å². The van der Waals surface area contributed by atoms with Gasteiger partial charge in [-0.15, -0.1) is 10.2 Å². The fourth-order valence-corrected chi connectivity index (χ4v) is 4.69. The SMILES string of the molecule is CC1(C)OC(=O)C[C@@H]1C(=O)NCC1(Cc2nnc3ccccn23)CCCCC1. The van der Waals surface area contributed by atoms with Crippen LogP contribution in [0.1, 0.15) is 58.2 Å². The highest BCUT2D eigenvalue weighted by molar-refractivity contribution is 5.87. The van der Waals surface area contributed by atoms with Crippen molar-refractivity contribution in [3.8, 4) is 0 Å². The molecule has 1 N–H and O–H groups in total. The molecule has 0 unspecified atom stereocenters. The van der Waals surface area contributed by atoms with Crippen LogP contribution in [0.3, 0.4) is 0 Å². The molecule has 7 heteroatoms. The molecular formula is C21H28N4O3. The number of amides is 1. The molecule has 1 amide bonds. The van der Waals surface area contributed by atoms with Crippen LogP contribution in [0.4, 0.5) is 0 Å². The predicted molar refractivity (Wildman–Crippen MR) is 103 cm³/mol. The Morgan fingerprint density at radius 2 is 2.04 bits per heavy atom. The Kier molecular flexibility index (Phi) is 4.85. The van der Waals surface area contributed by atoms with Crippen LogP contribution in [0.15, 0.2) is 24.4 Å². The van der Waals surface area contributed by atoms with Gasteiger partial charge in [-0.1, -0.05) is 25.3 Å². The molecule has 1 aliphatic carbocycles. The summed E-state index contributed by atoms with van der Waals surface area (Å²) in [6, 6.07) is 5.89. The minimum Gasteiger partial charge on any atom is -0.459 e. The van der Waals surface area contributed by atoms with Crippen LogP contribution in [0.25, 0.3) is 5.65 Å². The zero-order chi connectivity index (χ0) is 19.8. The van der Waals surface area contributed by atoms with Crippen LogP contribution in [0.5, 0.6) is 0 Å². The Labute approximate surface area is 164 Å². The second-order valence-electron chi connectivity index (χ2n) is 8.83. The lowest BCUT2D eigenvalue weighted by atomic mass is 9.71. The molecule has 2 fully saturated rings. The molecule has 28 heavy (non-hydrogen) atoms. The molecule has 0 spiro atoms. The second-order valence-corrected chi connectivity index (χ2v) is 8.83. The van der Waals surface area contributed by atoms with Gasteiger partial charge in [-0.3, -0.25) is 14.0 Å². The molecular weight excluding hydrogens is 356 g/mol. The molecule has 0 radical (unpaired) electrons. The van der Waals surface area contributed by atoms with Crippen molar-refractivity contribution in [2.45, 2.75) is 64.4 Å². The molecule has 2 aromatic heterocycles. The minimum atomic E-state index is -0.746. The van der Waals surface area contributed by atoms with E-state index in [0.717, 1.165) is 43.6 Å². The highest BCUT2D eigenvalue weighted by Gasteiger charge is 2.46. The first-order chi connectivity index (χ1) is 13.4. The standard InChI is InChI=1S/C21H28N4O3/c1-20(2)15(12-18(26)28-20)19(27)22-14-21(9-5-3-6-10-21)13-17-24-23-16-8-4-7-11-25(16)17/h4,7-8,11,15H,3,5-6,9-10,12-14H2,1-2H3,(H,22,27)/t15-/m1/s1. The summed E-state index contributed by atoms with van der Waals surface area (Å²) in [5.74, 6) is 0.111. The van der Waals surface area contributed by atoms with Gasteiger partial charge in [0, 0.05) is 19.2 Å². The molecule has 150 valence electrons. The summed E-state index contributed by atoms with van der Waals surface area (Å²) in [5, 5.41) is 11.8. The van der Waals surface area contributed by atoms with Crippen molar-refractivity contribution in [3.05, 3.63) is 30.2 Å². The van der Waals surface area contributed by atoms with Crippen LogP contribution in [0.2, 0.25) is 0 Å². The van der Waals surface area contributed by atoms with Gasteiger partial charge < -0.3 is 10.1 Å². The topological polar surface area (TPSA) is 85.6 Å². The van der Waals surface area contributed by atoms with Crippen molar-refractivity contribution in [3.63, 3.8) is 0 Å². The van der Waals surface area contributed by atoms with Crippen molar-refractivity contribution in [2.75, 3.05) is 6.54 Å². The van der Waals surface area contributed by atoms with Gasteiger partial charge in [0.1, 0.15) is 11.4 Å². The fraction of sp³-hybridized carbons (Fsp3) is 0.619. The van der Waals surface area contributed by atoms with Gasteiger partial charge in [-0.25, -0.2) is 0 Å². The number of carbonyl (C=O) groups is 2. The van der Waals surface area contributed by atoms with Crippen molar-refractivity contribution in [2.24, 2.45) is 11.3 Å². The molecule has 2 aliphatic rings. The van der Waals surface area contributed by atoms with Crippen molar-refractivity contribution < 1.29 is 14.3 Å². The number of rotatable bonds is 5. The Bertz CT molecular complexity index is 883. The highest BCUT2D eigenvalue weighted by Crippen LogP contribution is 2.39. The van der Waals surface area contributed by atoms with Gasteiger partial charge in [-0.2, -0.15) is 0 Å². The van der Waals surface area contributed by atoms with Crippen LogP contribution in [0, 0.1) is 11.3 Å². The molecule has 0 bridgehead atoms. The lowest BCUT2D eigenvalue weighted by Crippen LogP contribution is -2.46. The van der Waals surface area contributed by atoms with E-state index in [1.165, 1.54) is 6.42 Å². The van der Waals surface area contributed by atoms with E-state index in [1.54, 1.807) is 13.8 Å². The number of esters is 1. The number of hydrogen-bond acceptors (Lipinski definition) is 5. The summed E-state index contributed by atoms with van der Waals surface area (Å²) in [6.45, 7) is 4.20. The Balaban J connectivity index is 1.50. The average molecular weight is 384 g/mol. The van der Waals surface area contributed by atoms with E-state index in [1.807, 2.05) is 28.8 Å². The van der Waals surface area contributed by atoms with E-state index < -0.39 is 11.5 Å². The summed E-state index contributed by atoms with van der Waals surface area (Å²) in [5.41, 5.74) is 0.0700. The molecule has 0 aromatic carbocycles. The third-order valence-corrected chi connectivity index (χ3v) is 6.37. The highest BCUT2D eigenvalue weighted by atomic mass is 16.6. The summed E-state index contributed by atoms with van der Waals surface area (Å²) >= 11 is 0. The second kappa shape index (κ2) is 7.18. The van der Waals surface area contributed by atoms with E-state index in [4.69, 9.17) is 4.74 Å². The first kappa shape index (κ1) is 18.9. The third-order valence-electron chi connectivity index (χ3n) is 6.37. The van der Waals surface area contributed by atoms with E-state index in [-0.39, 0.29) is 23.7 Å². The molecule has 3 heterocycles. The quantitative estimate of drug-likeness (QED) is 0.801. The lowest BCUT2D eigenvalue weighted by molar-refractivity contribution is -0.147. The number of nitrogens with one attached hydrogen (secondary N) is 1. The largest absolute Gasteiger partial charge is 0.459 e. The van der Waals surface area contributed by atoms with Crippen molar-refractivity contribution in [1.82, 2.24) is 19.9 Å². The first-order valence-electron chi connectivity index (χ1n) is 10.2. The number of ether oxygens (including phenoxy) is 1. The zero-order valence-electron chi connectivity index (χ0n) is 16.6. The molecule has 1 atom stereocenters. The number of cyclic esters (lactones) is 1. The lowest BCUT2D eigenvalue weighted by Gasteiger charge is -2.37. The average Bonchev–Trinajstić information content (AvgIpc) is 3.20. The predicted octanol–water partition coefficient (Wildman–Crippen LogP) is 2.68. The molecule has 1 saturated heterocycles. The van der Waals surface area contributed by atoms with Crippen LogP contribution >= 0.6 is 0 Å². The zero-order valence-corrected chi connectivity index (χ0v) is 16.6. The maximum Gasteiger partial charge on any atom is 0.307 e. The third kappa shape index (κ3) is 3.62. The summed E-state index contributed by atoms with van der Waals surface area (Å²) < 4.78 is 7.34. The fourth-order valence-electron chi connectivity index (χ4n) is 4.69. The summed E-state index contributed by atoms with van der Waals surface area (Å²) in [4.78, 5) is 24.5. The Hall–Kier alpha value is -2.44. The summed E-state index contributed by atoms with van der Waals surface area (Å²) in [6.07, 6.45) is 8.57. The van der Waals surface area contributed by atoms with Crippen molar-refractivity contribution >= 4 is 17.5 Å². The van der Waals surface area contributed by atoms with E-state index in [9.17, 15) is 9.59 Å². The maximum absolute atomic E-state index is 12.8. The molecule has 4 rings (SSSR count). The first-order valence-corrected chi connectivity index (χ1v) is 10.2. The van der Waals surface area contributed by atoms with E-state index in [2.05, 4.69) is 15.5 Å². The Morgan fingerprint density at radius 1 is 1.25 bits per heavy atom.